The van der Waals surface area contributed by atoms with Crippen LogP contribution in [-0.2, 0) is 17.6 Å². The molecule has 7 nitrogen and oxygen atoms in total. The Balaban J connectivity index is 1.14. The van der Waals surface area contributed by atoms with Gasteiger partial charge in [0.05, 0.1) is 18.4 Å². The van der Waals surface area contributed by atoms with Crippen LogP contribution < -0.4 is 10.1 Å². The third-order valence-electron chi connectivity index (χ3n) is 7.98. The third-order valence-corrected chi connectivity index (χ3v) is 9.04. The number of ether oxygens (including phenoxy) is 2. The molecule has 1 heterocycles. The minimum Gasteiger partial charge on any atom is -0.494 e. The second kappa shape index (κ2) is 14.0. The molecule has 3 aromatic carbocycles. The summed E-state index contributed by atoms with van der Waals surface area (Å²) in [5.41, 5.74) is 4.39. The maximum absolute atomic E-state index is 12.9. The normalized spacial score (nSPS) is 17.8. The number of esters is 1. The number of nitrogens with zero attached hydrogens (tertiary/aromatic N) is 2. The highest BCUT2D eigenvalue weighted by molar-refractivity contribution is 9.10. The summed E-state index contributed by atoms with van der Waals surface area (Å²) in [6, 6.07) is 19.2. The lowest BCUT2D eigenvalue weighted by Crippen LogP contribution is -2.51. The topological polar surface area (TPSA) is 71.1 Å². The van der Waals surface area contributed by atoms with E-state index in [1.54, 1.807) is 31.4 Å². The van der Waals surface area contributed by atoms with Crippen LogP contribution in [-0.4, -0.2) is 74.2 Å². The quantitative estimate of drug-likeness (QED) is 0.225. The zero-order chi connectivity index (χ0) is 28.8. The number of hydrogen-bond acceptors (Lipinski definition) is 6. The van der Waals surface area contributed by atoms with Crippen molar-refractivity contribution in [3.05, 3.63) is 91.9 Å². The Morgan fingerprint density at radius 2 is 1.56 bits per heavy atom. The highest BCUT2D eigenvalue weighted by Gasteiger charge is 2.28. The minimum atomic E-state index is -0.278. The van der Waals surface area contributed by atoms with E-state index >= 15 is 0 Å². The molecular weight excluding hydrogens is 650 g/mol. The summed E-state index contributed by atoms with van der Waals surface area (Å²) in [5, 5.41) is 3.05. The van der Waals surface area contributed by atoms with Gasteiger partial charge in [-0.25, -0.2) is 4.79 Å². The molecule has 2 aliphatic rings. The molecule has 5 rings (SSSR count). The van der Waals surface area contributed by atoms with Gasteiger partial charge in [0.25, 0.3) is 5.91 Å². The Labute approximate surface area is 258 Å². The number of halogens is 2. The third kappa shape index (κ3) is 7.57. The molecule has 1 N–H and O–H groups in total. The molecule has 216 valence electrons. The Morgan fingerprint density at radius 1 is 0.902 bits per heavy atom. The fourth-order valence-corrected chi connectivity index (χ4v) is 6.26. The Morgan fingerprint density at radius 3 is 2.22 bits per heavy atom. The average molecular weight is 685 g/mol. The first-order valence-electron chi connectivity index (χ1n) is 14.1. The van der Waals surface area contributed by atoms with Crippen molar-refractivity contribution in [3.8, 4) is 5.75 Å². The van der Waals surface area contributed by atoms with Gasteiger partial charge in [0, 0.05) is 53.3 Å². The van der Waals surface area contributed by atoms with E-state index in [4.69, 9.17) is 9.47 Å². The zero-order valence-electron chi connectivity index (χ0n) is 23.2. The summed E-state index contributed by atoms with van der Waals surface area (Å²) in [4.78, 5) is 30.1. The summed E-state index contributed by atoms with van der Waals surface area (Å²) in [6.07, 6.45) is 4.10. The SMILES string of the molecule is COc1c(NC(=O)c2ccc(Br)cc2)ccc2c1CCCC(N1CCN(CCOC(=O)c3ccc(Br)cc3)CC1)C2. The lowest BCUT2D eigenvalue weighted by Gasteiger charge is -2.39. The number of nitrogens with one attached hydrogen (secondary N) is 1. The van der Waals surface area contributed by atoms with Crippen LogP contribution in [0, 0.1) is 0 Å². The second-order valence-corrected chi connectivity index (χ2v) is 12.3. The van der Waals surface area contributed by atoms with Crippen LogP contribution in [0.5, 0.6) is 5.75 Å². The van der Waals surface area contributed by atoms with Crippen LogP contribution in [0.4, 0.5) is 5.69 Å². The van der Waals surface area contributed by atoms with Crippen molar-refractivity contribution in [3.63, 3.8) is 0 Å². The molecule has 1 amide bonds. The van der Waals surface area contributed by atoms with Gasteiger partial charge in [0.15, 0.2) is 0 Å². The fourth-order valence-electron chi connectivity index (χ4n) is 5.73. The molecule has 41 heavy (non-hydrogen) atoms. The number of carbonyl (C=O) groups is 2. The number of amides is 1. The van der Waals surface area contributed by atoms with E-state index in [1.807, 2.05) is 30.3 Å². The van der Waals surface area contributed by atoms with Crippen LogP contribution in [0.15, 0.2) is 69.6 Å². The summed E-state index contributed by atoms with van der Waals surface area (Å²) >= 11 is 6.81. The predicted octanol–water partition coefficient (Wildman–Crippen LogP) is 6.19. The molecule has 1 aliphatic carbocycles. The van der Waals surface area contributed by atoms with Gasteiger partial charge < -0.3 is 14.8 Å². The number of hydrogen-bond donors (Lipinski definition) is 1. The molecule has 3 aromatic rings. The van der Waals surface area contributed by atoms with Gasteiger partial charge in [-0.15, -0.1) is 0 Å². The molecule has 0 bridgehead atoms. The smallest absolute Gasteiger partial charge is 0.338 e. The molecule has 1 fully saturated rings. The highest BCUT2D eigenvalue weighted by atomic mass is 79.9. The predicted molar refractivity (Wildman–Crippen MR) is 168 cm³/mol. The van der Waals surface area contributed by atoms with E-state index in [0.717, 1.165) is 73.1 Å². The summed E-state index contributed by atoms with van der Waals surface area (Å²) < 4.78 is 13.2. The van der Waals surface area contributed by atoms with Gasteiger partial charge in [-0.1, -0.05) is 37.9 Å². The Hall–Kier alpha value is -2.72. The Bertz CT molecular complexity index is 1360. The fraction of sp³-hybridized carbons (Fsp3) is 0.375. The van der Waals surface area contributed by atoms with Crippen molar-refractivity contribution in [2.24, 2.45) is 0 Å². The first kappa shape index (κ1) is 29.8. The van der Waals surface area contributed by atoms with Gasteiger partial charge in [-0.2, -0.15) is 0 Å². The van der Waals surface area contributed by atoms with E-state index in [9.17, 15) is 9.59 Å². The number of fused-ring (bicyclic) bond motifs is 1. The van der Waals surface area contributed by atoms with E-state index in [1.165, 1.54) is 11.1 Å². The van der Waals surface area contributed by atoms with Crippen molar-refractivity contribution < 1.29 is 19.1 Å². The van der Waals surface area contributed by atoms with Crippen molar-refractivity contribution in [1.82, 2.24) is 9.80 Å². The molecule has 9 heteroatoms. The molecule has 1 unspecified atom stereocenters. The summed E-state index contributed by atoms with van der Waals surface area (Å²) in [7, 11) is 1.68. The van der Waals surface area contributed by atoms with Gasteiger partial charge in [0.2, 0.25) is 0 Å². The molecular formula is C32H35Br2N3O4. The number of benzene rings is 3. The number of methoxy groups -OCH3 is 1. The zero-order valence-corrected chi connectivity index (χ0v) is 26.4. The Kier molecular flexibility index (Phi) is 10.1. The van der Waals surface area contributed by atoms with Gasteiger partial charge in [-0.05, 0) is 91.4 Å². The van der Waals surface area contributed by atoms with E-state index < -0.39 is 0 Å². The number of piperazine rings is 1. The molecule has 0 aromatic heterocycles. The summed E-state index contributed by atoms with van der Waals surface area (Å²) in [5.74, 6) is 0.346. The lowest BCUT2D eigenvalue weighted by molar-refractivity contribution is 0.0392. The molecule has 1 atom stereocenters. The maximum atomic E-state index is 12.9. The standard InChI is InChI=1S/C32H35Br2N3O4/c1-40-30-28-4-2-3-27(21-24(28)9-14-29(30)35-31(38)22-5-10-25(33)11-6-22)37-17-15-36(16-18-37)19-20-41-32(39)23-7-12-26(34)13-8-23/h5-14,27H,2-4,15-21H2,1H3,(H,35,38). The molecule has 1 saturated heterocycles. The van der Waals surface area contributed by atoms with Crippen molar-refractivity contribution in [2.45, 2.75) is 31.7 Å². The van der Waals surface area contributed by atoms with Gasteiger partial charge in [0.1, 0.15) is 12.4 Å². The van der Waals surface area contributed by atoms with Crippen molar-refractivity contribution in [2.75, 3.05) is 51.8 Å². The largest absolute Gasteiger partial charge is 0.494 e. The highest BCUT2D eigenvalue weighted by Crippen LogP contribution is 2.36. The molecule has 1 aliphatic heterocycles. The van der Waals surface area contributed by atoms with Crippen LogP contribution in [0.3, 0.4) is 0 Å². The van der Waals surface area contributed by atoms with Crippen LogP contribution in [0.25, 0.3) is 0 Å². The summed E-state index contributed by atoms with van der Waals surface area (Å²) in [6.45, 7) is 5.06. The number of carbonyl (C=O) groups excluding carboxylic acids is 2. The van der Waals surface area contributed by atoms with Crippen LogP contribution in [0.1, 0.15) is 44.7 Å². The monoisotopic (exact) mass is 683 g/mol. The average Bonchev–Trinajstić information content (AvgIpc) is 3.21. The number of anilines is 1. The second-order valence-electron chi connectivity index (χ2n) is 10.5. The molecule has 0 saturated carbocycles. The molecule has 0 spiro atoms. The van der Waals surface area contributed by atoms with Gasteiger partial charge in [-0.3, -0.25) is 14.6 Å². The minimum absolute atomic E-state index is 0.150. The first-order valence-corrected chi connectivity index (χ1v) is 15.6. The lowest BCUT2D eigenvalue weighted by atomic mass is 9.98. The van der Waals surface area contributed by atoms with E-state index in [2.05, 4.69) is 53.0 Å². The molecule has 0 radical (unpaired) electrons. The van der Waals surface area contributed by atoms with Crippen LogP contribution >= 0.6 is 31.9 Å². The number of rotatable bonds is 8. The van der Waals surface area contributed by atoms with Crippen LogP contribution in [0.2, 0.25) is 0 Å². The first-order chi connectivity index (χ1) is 19.9. The van der Waals surface area contributed by atoms with Gasteiger partial charge >= 0.3 is 5.97 Å². The van der Waals surface area contributed by atoms with Crippen molar-refractivity contribution >= 4 is 49.4 Å². The van der Waals surface area contributed by atoms with Crippen molar-refractivity contribution in [1.29, 1.82) is 0 Å². The van der Waals surface area contributed by atoms with E-state index in [-0.39, 0.29) is 11.9 Å². The van der Waals surface area contributed by atoms with E-state index in [0.29, 0.717) is 29.5 Å². The maximum Gasteiger partial charge on any atom is 0.338 e.